The number of carbonyl (C=O) groups excluding carboxylic acids is 1. The van der Waals surface area contributed by atoms with Crippen LogP contribution in [0.1, 0.15) is 33.1 Å². The van der Waals surface area contributed by atoms with Crippen LogP contribution in [0.25, 0.3) is 0 Å². The van der Waals surface area contributed by atoms with Gasteiger partial charge in [-0.3, -0.25) is 4.79 Å². The highest BCUT2D eigenvalue weighted by molar-refractivity contribution is 5.75. The van der Waals surface area contributed by atoms with E-state index in [0.29, 0.717) is 19.8 Å². The molecule has 1 unspecified atom stereocenters. The van der Waals surface area contributed by atoms with E-state index in [2.05, 4.69) is 12.2 Å². The van der Waals surface area contributed by atoms with Gasteiger partial charge in [-0.05, 0) is 13.3 Å². The molecule has 0 fully saturated rings. The minimum absolute atomic E-state index is 0.151. The zero-order valence-electron chi connectivity index (χ0n) is 10.0. The van der Waals surface area contributed by atoms with E-state index in [9.17, 15) is 4.79 Å². The number of hydrogen-bond acceptors (Lipinski definition) is 4. The SMILES string of the molecule is CCCCC(NCCOC)C(=O)OCC. The maximum atomic E-state index is 11.5. The number of methoxy groups -OCH3 is 1. The first kappa shape index (κ1) is 14.4. The molecule has 15 heavy (non-hydrogen) atoms. The molecule has 0 amide bonds. The first-order valence-electron chi connectivity index (χ1n) is 5.65. The summed E-state index contributed by atoms with van der Waals surface area (Å²) in [6.45, 7) is 5.67. The molecule has 0 saturated carbocycles. The minimum atomic E-state index is -0.181. The molecule has 0 saturated heterocycles. The molecular formula is C11H23NO3. The molecule has 0 aliphatic heterocycles. The van der Waals surface area contributed by atoms with Gasteiger partial charge in [0.25, 0.3) is 0 Å². The highest BCUT2D eigenvalue weighted by atomic mass is 16.5. The summed E-state index contributed by atoms with van der Waals surface area (Å²) in [4.78, 5) is 11.5. The number of rotatable bonds is 9. The first-order chi connectivity index (χ1) is 7.26. The van der Waals surface area contributed by atoms with E-state index in [1.54, 1.807) is 7.11 Å². The third-order valence-corrected chi connectivity index (χ3v) is 2.11. The second-order valence-electron chi connectivity index (χ2n) is 3.39. The van der Waals surface area contributed by atoms with Crippen LogP contribution in [0.5, 0.6) is 0 Å². The van der Waals surface area contributed by atoms with Crippen molar-refractivity contribution in [3.63, 3.8) is 0 Å². The molecular weight excluding hydrogens is 194 g/mol. The lowest BCUT2D eigenvalue weighted by molar-refractivity contribution is -0.145. The van der Waals surface area contributed by atoms with E-state index in [0.717, 1.165) is 19.3 Å². The third-order valence-electron chi connectivity index (χ3n) is 2.11. The summed E-state index contributed by atoms with van der Waals surface area (Å²) in [5.41, 5.74) is 0. The summed E-state index contributed by atoms with van der Waals surface area (Å²) in [5, 5.41) is 3.14. The van der Waals surface area contributed by atoms with Gasteiger partial charge >= 0.3 is 5.97 Å². The van der Waals surface area contributed by atoms with Gasteiger partial charge in [-0.15, -0.1) is 0 Å². The fraction of sp³-hybridized carbons (Fsp3) is 0.909. The highest BCUT2D eigenvalue weighted by Gasteiger charge is 2.17. The van der Waals surface area contributed by atoms with Crippen molar-refractivity contribution in [3.05, 3.63) is 0 Å². The lowest BCUT2D eigenvalue weighted by atomic mass is 10.1. The number of carbonyl (C=O) groups is 1. The van der Waals surface area contributed by atoms with Crippen LogP contribution in [0.2, 0.25) is 0 Å². The van der Waals surface area contributed by atoms with Gasteiger partial charge in [0.15, 0.2) is 0 Å². The van der Waals surface area contributed by atoms with E-state index < -0.39 is 0 Å². The van der Waals surface area contributed by atoms with Crippen molar-refractivity contribution >= 4 is 5.97 Å². The van der Waals surface area contributed by atoms with Crippen molar-refractivity contribution in [3.8, 4) is 0 Å². The molecule has 0 rings (SSSR count). The summed E-state index contributed by atoms with van der Waals surface area (Å²) in [7, 11) is 1.65. The molecule has 4 heteroatoms. The Morgan fingerprint density at radius 2 is 2.13 bits per heavy atom. The molecule has 0 spiro atoms. The molecule has 1 N–H and O–H groups in total. The van der Waals surface area contributed by atoms with Gasteiger partial charge < -0.3 is 14.8 Å². The molecule has 1 atom stereocenters. The fourth-order valence-corrected chi connectivity index (χ4v) is 1.29. The fourth-order valence-electron chi connectivity index (χ4n) is 1.29. The van der Waals surface area contributed by atoms with E-state index in [1.807, 2.05) is 6.92 Å². The van der Waals surface area contributed by atoms with Crippen LogP contribution in [-0.4, -0.2) is 38.9 Å². The van der Waals surface area contributed by atoms with Crippen molar-refractivity contribution in [1.82, 2.24) is 5.32 Å². The minimum Gasteiger partial charge on any atom is -0.465 e. The van der Waals surface area contributed by atoms with Gasteiger partial charge in [0.2, 0.25) is 0 Å². The van der Waals surface area contributed by atoms with E-state index >= 15 is 0 Å². The summed E-state index contributed by atoms with van der Waals surface area (Å²) in [6, 6.07) is -0.181. The zero-order valence-corrected chi connectivity index (χ0v) is 10.0. The van der Waals surface area contributed by atoms with Crippen molar-refractivity contribution in [2.45, 2.75) is 39.2 Å². The highest BCUT2D eigenvalue weighted by Crippen LogP contribution is 2.02. The molecule has 0 aromatic heterocycles. The van der Waals surface area contributed by atoms with Gasteiger partial charge in [-0.2, -0.15) is 0 Å². The van der Waals surface area contributed by atoms with Gasteiger partial charge in [0, 0.05) is 13.7 Å². The molecule has 0 aliphatic rings. The average molecular weight is 217 g/mol. The lowest BCUT2D eigenvalue weighted by Gasteiger charge is -2.16. The number of ether oxygens (including phenoxy) is 2. The number of esters is 1. The number of unbranched alkanes of at least 4 members (excludes halogenated alkanes) is 1. The van der Waals surface area contributed by atoms with Crippen LogP contribution >= 0.6 is 0 Å². The predicted octanol–water partition coefficient (Wildman–Crippen LogP) is 1.34. The third kappa shape index (κ3) is 7.33. The molecule has 0 aromatic carbocycles. The molecule has 0 aliphatic carbocycles. The van der Waals surface area contributed by atoms with Crippen molar-refractivity contribution < 1.29 is 14.3 Å². The molecule has 0 aromatic rings. The van der Waals surface area contributed by atoms with E-state index in [-0.39, 0.29) is 12.0 Å². The molecule has 0 radical (unpaired) electrons. The standard InChI is InChI=1S/C11H23NO3/c1-4-6-7-10(11(13)15-5-2)12-8-9-14-3/h10,12H,4-9H2,1-3H3. The summed E-state index contributed by atoms with van der Waals surface area (Å²) >= 11 is 0. The van der Waals surface area contributed by atoms with Crippen LogP contribution in [-0.2, 0) is 14.3 Å². The van der Waals surface area contributed by atoms with Crippen LogP contribution in [0.3, 0.4) is 0 Å². The number of hydrogen-bond donors (Lipinski definition) is 1. The largest absolute Gasteiger partial charge is 0.465 e. The molecule has 0 heterocycles. The second kappa shape index (κ2) is 9.93. The Balaban J connectivity index is 3.87. The Hall–Kier alpha value is -0.610. The molecule has 90 valence electrons. The summed E-state index contributed by atoms with van der Waals surface area (Å²) in [5.74, 6) is -0.151. The van der Waals surface area contributed by atoms with Crippen LogP contribution in [0.15, 0.2) is 0 Å². The quantitative estimate of drug-likeness (QED) is 0.468. The van der Waals surface area contributed by atoms with Gasteiger partial charge in [0.05, 0.1) is 13.2 Å². The van der Waals surface area contributed by atoms with Crippen molar-refractivity contribution in [2.24, 2.45) is 0 Å². The van der Waals surface area contributed by atoms with E-state index in [1.165, 1.54) is 0 Å². The lowest BCUT2D eigenvalue weighted by Crippen LogP contribution is -2.39. The predicted molar refractivity (Wildman–Crippen MR) is 59.8 cm³/mol. The summed E-state index contributed by atoms with van der Waals surface area (Å²) < 4.78 is 9.91. The summed E-state index contributed by atoms with van der Waals surface area (Å²) in [6.07, 6.45) is 2.95. The average Bonchev–Trinajstić information content (AvgIpc) is 2.23. The second-order valence-corrected chi connectivity index (χ2v) is 3.39. The van der Waals surface area contributed by atoms with Gasteiger partial charge in [-0.25, -0.2) is 0 Å². The van der Waals surface area contributed by atoms with Crippen LogP contribution in [0.4, 0.5) is 0 Å². The normalized spacial score (nSPS) is 12.5. The van der Waals surface area contributed by atoms with E-state index in [4.69, 9.17) is 9.47 Å². The Kier molecular flexibility index (Phi) is 9.52. The monoisotopic (exact) mass is 217 g/mol. The Labute approximate surface area is 92.3 Å². The maximum absolute atomic E-state index is 11.5. The molecule has 0 bridgehead atoms. The maximum Gasteiger partial charge on any atom is 0.323 e. The van der Waals surface area contributed by atoms with Crippen molar-refractivity contribution in [2.75, 3.05) is 26.9 Å². The van der Waals surface area contributed by atoms with Gasteiger partial charge in [0.1, 0.15) is 6.04 Å². The first-order valence-corrected chi connectivity index (χ1v) is 5.65. The molecule has 4 nitrogen and oxygen atoms in total. The number of nitrogens with one attached hydrogen (secondary N) is 1. The van der Waals surface area contributed by atoms with Crippen LogP contribution < -0.4 is 5.32 Å². The van der Waals surface area contributed by atoms with Crippen LogP contribution in [0, 0.1) is 0 Å². The van der Waals surface area contributed by atoms with Crippen molar-refractivity contribution in [1.29, 1.82) is 0 Å². The Morgan fingerprint density at radius 1 is 1.40 bits per heavy atom. The smallest absolute Gasteiger partial charge is 0.323 e. The van der Waals surface area contributed by atoms with Gasteiger partial charge in [-0.1, -0.05) is 19.8 Å². The Morgan fingerprint density at radius 3 is 2.67 bits per heavy atom. The Bertz CT molecular complexity index is 162. The zero-order chi connectivity index (χ0) is 11.5. The topological polar surface area (TPSA) is 47.6 Å².